The third kappa shape index (κ3) is 3.62. The van der Waals surface area contributed by atoms with Crippen molar-refractivity contribution in [1.82, 2.24) is 10.2 Å². The summed E-state index contributed by atoms with van der Waals surface area (Å²) in [7, 11) is 0. The zero-order valence-corrected chi connectivity index (χ0v) is 12.4. The Morgan fingerprint density at radius 1 is 1.25 bits per heavy atom. The van der Waals surface area contributed by atoms with E-state index in [1.807, 2.05) is 0 Å². The fourth-order valence-electron chi connectivity index (χ4n) is 2.62. The molecule has 114 valence electrons. The lowest BCUT2D eigenvalue weighted by atomic mass is 9.92. The Balaban J connectivity index is 1.97. The second-order valence-electron chi connectivity index (χ2n) is 6.71. The van der Waals surface area contributed by atoms with E-state index in [1.54, 1.807) is 20.8 Å². The van der Waals surface area contributed by atoms with Crippen LogP contribution in [0.1, 0.15) is 46.5 Å². The monoisotopic (exact) mass is 284 g/mol. The third-order valence-electron chi connectivity index (χ3n) is 3.79. The average Bonchev–Trinajstić information content (AvgIpc) is 2.65. The molecule has 0 aromatic rings. The summed E-state index contributed by atoms with van der Waals surface area (Å²) in [6, 6.07) is -0.260. The van der Waals surface area contributed by atoms with Crippen LogP contribution in [0.2, 0.25) is 0 Å². The van der Waals surface area contributed by atoms with E-state index < -0.39 is 23.7 Å². The smallest absolute Gasteiger partial charge is 0.411 e. The predicted octanol–water partition coefficient (Wildman–Crippen LogP) is 1.59. The number of carboxylic acid groups (broad SMARTS) is 1. The van der Waals surface area contributed by atoms with Crippen molar-refractivity contribution in [2.75, 3.05) is 6.54 Å². The Kier molecular flexibility index (Phi) is 4.22. The number of ether oxygens (including phenoxy) is 1. The molecule has 1 saturated heterocycles. The van der Waals surface area contributed by atoms with Crippen molar-refractivity contribution in [1.29, 1.82) is 0 Å². The number of carboxylic acids is 1. The minimum absolute atomic E-state index is 0.0499. The number of nitrogens with one attached hydrogen (secondary N) is 1. The van der Waals surface area contributed by atoms with E-state index in [-0.39, 0.29) is 6.04 Å². The fraction of sp³-hybridized carbons (Fsp3) is 0.857. The van der Waals surface area contributed by atoms with Gasteiger partial charge in [-0.3, -0.25) is 4.90 Å². The van der Waals surface area contributed by atoms with E-state index in [0.717, 1.165) is 12.8 Å². The Morgan fingerprint density at radius 3 is 2.35 bits per heavy atom. The number of amides is 1. The van der Waals surface area contributed by atoms with Crippen LogP contribution in [0.4, 0.5) is 4.79 Å². The number of carbonyl (C=O) groups excluding carboxylic acids is 1. The molecule has 0 bridgehead atoms. The molecule has 1 saturated carbocycles. The van der Waals surface area contributed by atoms with Gasteiger partial charge in [0.1, 0.15) is 11.6 Å². The van der Waals surface area contributed by atoms with Crippen LogP contribution < -0.4 is 5.32 Å². The maximum Gasteiger partial charge on any atom is 0.411 e. The minimum atomic E-state index is -0.964. The van der Waals surface area contributed by atoms with Crippen molar-refractivity contribution in [3.05, 3.63) is 0 Å². The van der Waals surface area contributed by atoms with Gasteiger partial charge in [-0.2, -0.15) is 0 Å². The van der Waals surface area contributed by atoms with Crippen LogP contribution in [0.3, 0.4) is 0 Å². The van der Waals surface area contributed by atoms with E-state index in [9.17, 15) is 14.7 Å². The van der Waals surface area contributed by atoms with Crippen molar-refractivity contribution in [3.63, 3.8) is 0 Å². The molecule has 20 heavy (non-hydrogen) atoms. The number of rotatable bonds is 3. The predicted molar refractivity (Wildman–Crippen MR) is 73.5 cm³/mol. The molecule has 6 heteroatoms. The molecule has 0 spiro atoms. The molecule has 0 radical (unpaired) electrons. The highest BCUT2D eigenvalue weighted by Gasteiger charge is 2.42. The van der Waals surface area contributed by atoms with E-state index in [4.69, 9.17) is 4.74 Å². The second-order valence-corrected chi connectivity index (χ2v) is 6.71. The maximum absolute atomic E-state index is 12.1. The molecular formula is C14H24N2O4. The molecule has 2 aliphatic rings. The lowest BCUT2D eigenvalue weighted by Gasteiger charge is -2.30. The normalized spacial score (nSPS) is 27.2. The van der Waals surface area contributed by atoms with Gasteiger partial charge in [0, 0.05) is 18.6 Å². The number of carbonyl (C=O) groups is 2. The molecular weight excluding hydrogens is 260 g/mol. The minimum Gasteiger partial charge on any atom is -0.480 e. The van der Waals surface area contributed by atoms with Gasteiger partial charge in [0.2, 0.25) is 0 Å². The van der Waals surface area contributed by atoms with Crippen LogP contribution in [-0.4, -0.2) is 52.3 Å². The first-order valence-corrected chi connectivity index (χ1v) is 7.25. The van der Waals surface area contributed by atoms with Gasteiger partial charge in [-0.25, -0.2) is 9.59 Å². The molecule has 2 atom stereocenters. The molecule has 1 heterocycles. The van der Waals surface area contributed by atoms with E-state index in [0.29, 0.717) is 19.0 Å². The Hall–Kier alpha value is -1.30. The van der Waals surface area contributed by atoms with Crippen molar-refractivity contribution in [2.24, 2.45) is 0 Å². The highest BCUT2D eigenvalue weighted by atomic mass is 16.6. The van der Waals surface area contributed by atoms with E-state index in [1.165, 1.54) is 11.3 Å². The maximum atomic E-state index is 12.1. The van der Waals surface area contributed by atoms with E-state index in [2.05, 4.69) is 5.32 Å². The van der Waals surface area contributed by atoms with Gasteiger partial charge in [-0.1, -0.05) is 6.42 Å². The van der Waals surface area contributed by atoms with Gasteiger partial charge in [0.25, 0.3) is 0 Å². The van der Waals surface area contributed by atoms with Gasteiger partial charge >= 0.3 is 12.1 Å². The Bertz CT molecular complexity index is 387. The summed E-state index contributed by atoms with van der Waals surface area (Å²) in [5, 5.41) is 12.7. The number of hydrogen-bond acceptors (Lipinski definition) is 4. The number of aliphatic carboxylic acids is 1. The van der Waals surface area contributed by atoms with Gasteiger partial charge in [-0.15, -0.1) is 0 Å². The summed E-state index contributed by atoms with van der Waals surface area (Å²) < 4.78 is 5.29. The highest BCUT2D eigenvalue weighted by Crippen LogP contribution is 2.25. The Morgan fingerprint density at radius 2 is 1.90 bits per heavy atom. The van der Waals surface area contributed by atoms with E-state index >= 15 is 0 Å². The lowest BCUT2D eigenvalue weighted by Crippen LogP contribution is -2.45. The van der Waals surface area contributed by atoms with Crippen LogP contribution in [0.15, 0.2) is 0 Å². The summed E-state index contributed by atoms with van der Waals surface area (Å²) in [5.41, 5.74) is -0.611. The topological polar surface area (TPSA) is 78.9 Å². The molecule has 1 amide bonds. The molecule has 0 unspecified atom stereocenters. The zero-order chi connectivity index (χ0) is 14.9. The fourth-order valence-corrected chi connectivity index (χ4v) is 2.62. The molecule has 1 aliphatic heterocycles. The van der Waals surface area contributed by atoms with Gasteiger partial charge < -0.3 is 15.2 Å². The second kappa shape index (κ2) is 5.60. The van der Waals surface area contributed by atoms with Gasteiger partial charge in [0.15, 0.2) is 0 Å². The summed E-state index contributed by atoms with van der Waals surface area (Å²) >= 11 is 0. The van der Waals surface area contributed by atoms with Crippen molar-refractivity contribution in [2.45, 2.75) is 70.2 Å². The van der Waals surface area contributed by atoms with Crippen molar-refractivity contribution < 1.29 is 19.4 Å². The first-order valence-electron chi connectivity index (χ1n) is 7.25. The third-order valence-corrected chi connectivity index (χ3v) is 3.79. The molecule has 0 aromatic carbocycles. The molecule has 2 N–H and O–H groups in total. The summed E-state index contributed by atoms with van der Waals surface area (Å²) in [5.74, 6) is -0.964. The largest absolute Gasteiger partial charge is 0.480 e. The number of nitrogens with zero attached hydrogens (tertiary/aromatic N) is 1. The standard InChI is InChI=1S/C14H24N2O4/c1-14(2,3)20-13(19)16-8-10(7-11(16)12(17)18)15-9-5-4-6-9/h9-11,15H,4-8H2,1-3H3,(H,17,18)/t10-,11+/m1/s1. The lowest BCUT2D eigenvalue weighted by molar-refractivity contribution is -0.142. The van der Waals surface area contributed by atoms with Crippen LogP contribution in [0, 0.1) is 0 Å². The van der Waals surface area contributed by atoms with Crippen molar-refractivity contribution in [3.8, 4) is 0 Å². The van der Waals surface area contributed by atoms with Gasteiger partial charge in [0.05, 0.1) is 0 Å². The molecule has 2 rings (SSSR count). The number of likely N-dealkylation sites (tertiary alicyclic amines) is 1. The Labute approximate surface area is 119 Å². The van der Waals surface area contributed by atoms with Crippen LogP contribution in [0.5, 0.6) is 0 Å². The molecule has 6 nitrogen and oxygen atoms in total. The van der Waals surface area contributed by atoms with Crippen LogP contribution in [0.25, 0.3) is 0 Å². The zero-order valence-electron chi connectivity index (χ0n) is 12.4. The van der Waals surface area contributed by atoms with Crippen LogP contribution >= 0.6 is 0 Å². The number of hydrogen-bond donors (Lipinski definition) is 2. The summed E-state index contributed by atoms with van der Waals surface area (Å²) in [4.78, 5) is 24.8. The average molecular weight is 284 g/mol. The highest BCUT2D eigenvalue weighted by molar-refractivity contribution is 5.81. The summed E-state index contributed by atoms with van der Waals surface area (Å²) in [6.07, 6.45) is 3.41. The quantitative estimate of drug-likeness (QED) is 0.823. The van der Waals surface area contributed by atoms with Gasteiger partial charge in [-0.05, 0) is 40.0 Å². The summed E-state index contributed by atoms with van der Waals surface area (Å²) in [6.45, 7) is 5.74. The molecule has 1 aliphatic carbocycles. The molecule has 0 aromatic heterocycles. The van der Waals surface area contributed by atoms with Crippen molar-refractivity contribution >= 4 is 12.1 Å². The van der Waals surface area contributed by atoms with Crippen LogP contribution in [-0.2, 0) is 9.53 Å². The first kappa shape index (κ1) is 15.1. The SMILES string of the molecule is CC(C)(C)OC(=O)N1C[C@H](NC2CCC2)C[C@H]1C(=O)O. The first-order chi connectivity index (χ1) is 9.26. The molecule has 2 fully saturated rings.